The number of halogens is 3. The lowest BCUT2D eigenvalue weighted by molar-refractivity contribution is -0.127. The van der Waals surface area contributed by atoms with Crippen LogP contribution >= 0.6 is 23.8 Å². The van der Waals surface area contributed by atoms with Crippen LogP contribution in [-0.4, -0.2) is 49.8 Å². The van der Waals surface area contributed by atoms with Crippen molar-refractivity contribution in [3.63, 3.8) is 0 Å². The highest BCUT2D eigenvalue weighted by molar-refractivity contribution is 9.10. The second-order valence-corrected chi connectivity index (χ2v) is 10.9. The van der Waals surface area contributed by atoms with Gasteiger partial charge in [-0.25, -0.2) is 4.57 Å². The van der Waals surface area contributed by atoms with E-state index in [1.807, 2.05) is 0 Å². The number of carbonyl (C=O) groups is 2. The Morgan fingerprint density at radius 1 is 1.17 bits per heavy atom. The molecule has 14 heteroatoms. The molecule has 0 saturated heterocycles. The monoisotopic (exact) mass is 589 g/mol. The Morgan fingerprint density at radius 2 is 1.83 bits per heavy atom. The zero-order chi connectivity index (χ0) is 27.1. The molecule has 3 aromatic rings. The molecular weight excluding hydrogens is 567 g/mol. The van der Waals surface area contributed by atoms with Gasteiger partial charge < -0.3 is 14.5 Å². The van der Waals surface area contributed by atoms with E-state index < -0.39 is 37.2 Å². The number of hydrogen-bond acceptors (Lipinski definition) is 7. The first kappa shape index (κ1) is 28.0. The van der Waals surface area contributed by atoms with Crippen LogP contribution < -0.4 is 4.74 Å². The van der Waals surface area contributed by atoms with Crippen LogP contribution in [0.25, 0.3) is 10.9 Å². The summed E-state index contributed by atoms with van der Waals surface area (Å²) in [6, 6.07) is 5.17. The van der Waals surface area contributed by atoms with Gasteiger partial charge in [-0.2, -0.15) is 13.9 Å². The Kier molecular flexibility index (Phi) is 7.83. The molecule has 1 aromatic carbocycles. The molecule has 0 aliphatic heterocycles. The Morgan fingerprint density at radius 3 is 2.36 bits per heavy atom. The molecule has 0 amide bonds. The highest BCUT2D eigenvalue weighted by Gasteiger charge is 2.37. The number of hydrogen-bond donors (Lipinski definition) is 2. The highest BCUT2D eigenvalue weighted by atomic mass is 79.9. The molecule has 3 rings (SSSR count). The van der Waals surface area contributed by atoms with Gasteiger partial charge in [0.2, 0.25) is 5.78 Å². The van der Waals surface area contributed by atoms with Crippen molar-refractivity contribution in [1.29, 1.82) is 0 Å². The summed E-state index contributed by atoms with van der Waals surface area (Å²) in [7, 11) is -3.64. The van der Waals surface area contributed by atoms with E-state index in [-0.39, 0.29) is 23.6 Å². The van der Waals surface area contributed by atoms with E-state index in [1.54, 1.807) is 32.9 Å². The topological polar surface area (TPSA) is 141 Å². The zero-order valence-electron chi connectivity index (χ0n) is 19.7. The fourth-order valence-corrected chi connectivity index (χ4v) is 4.19. The van der Waals surface area contributed by atoms with Crippen LogP contribution in [0.15, 0.2) is 34.9 Å². The minimum Gasteiger partial charge on any atom is -0.495 e. The van der Waals surface area contributed by atoms with Crippen molar-refractivity contribution in [2.45, 2.75) is 33.2 Å². The average molecular weight is 590 g/mol. The van der Waals surface area contributed by atoms with Crippen molar-refractivity contribution < 1.29 is 42.0 Å². The molecule has 0 bridgehead atoms. The van der Waals surface area contributed by atoms with E-state index in [0.29, 0.717) is 21.1 Å². The van der Waals surface area contributed by atoms with Gasteiger partial charge in [-0.05, 0) is 40.2 Å². The summed E-state index contributed by atoms with van der Waals surface area (Å²) in [5, 5.41) is 4.76. The lowest BCUT2D eigenvalue weighted by atomic mass is 9.91. The SMILES string of the molecule is COc1ccc2c(C(=O)c3ccc(C(F)(F)COP(=O)(O)O)nc3)nn(CC(=O)C(C)(C)C)c2c1Br. The second kappa shape index (κ2) is 10.1. The van der Waals surface area contributed by atoms with Gasteiger partial charge in [0.15, 0.2) is 5.78 Å². The van der Waals surface area contributed by atoms with Crippen LogP contribution in [0.2, 0.25) is 0 Å². The van der Waals surface area contributed by atoms with Crippen molar-refractivity contribution in [2.24, 2.45) is 5.41 Å². The number of rotatable bonds is 9. The molecule has 0 aliphatic carbocycles. The molecule has 0 radical (unpaired) electrons. The van der Waals surface area contributed by atoms with E-state index >= 15 is 0 Å². The third kappa shape index (κ3) is 6.04. The maximum Gasteiger partial charge on any atom is 0.469 e. The van der Waals surface area contributed by atoms with Crippen LogP contribution in [0.3, 0.4) is 0 Å². The third-order valence-corrected chi connectivity index (χ3v) is 6.43. The lowest BCUT2D eigenvalue weighted by Gasteiger charge is -2.17. The molecule has 0 fully saturated rings. The number of pyridine rings is 1. The standard InChI is InChI=1S/C22H23BrF2N3O7P/c1-21(2,3)16(29)10-28-19-13(6-7-14(34-4)17(19)23)18(27-28)20(30)12-5-8-15(26-9-12)22(24,25)11-35-36(31,32)33/h5-9H,10-11H2,1-4H3,(H2,31,32,33). The van der Waals surface area contributed by atoms with Crippen LogP contribution in [0.4, 0.5) is 8.78 Å². The number of phosphoric acid groups is 1. The van der Waals surface area contributed by atoms with Gasteiger partial charge in [0.05, 0.1) is 17.1 Å². The van der Waals surface area contributed by atoms with Crippen molar-refractivity contribution >= 4 is 46.2 Å². The van der Waals surface area contributed by atoms with E-state index in [2.05, 4.69) is 30.5 Å². The molecule has 2 N–H and O–H groups in total. The van der Waals surface area contributed by atoms with Crippen molar-refractivity contribution in [3.05, 3.63) is 51.9 Å². The minimum absolute atomic E-state index is 0.0267. The fourth-order valence-electron chi connectivity index (χ4n) is 3.15. The molecule has 36 heavy (non-hydrogen) atoms. The first-order valence-corrected chi connectivity index (χ1v) is 12.7. The highest BCUT2D eigenvalue weighted by Crippen LogP contribution is 2.40. The van der Waals surface area contributed by atoms with Gasteiger partial charge in [0.1, 0.15) is 30.3 Å². The Hall–Kier alpha value is -2.57. The van der Waals surface area contributed by atoms with Gasteiger partial charge in [-0.15, -0.1) is 0 Å². The number of nitrogens with zero attached hydrogens (tertiary/aromatic N) is 3. The number of carbonyl (C=O) groups excluding carboxylic acids is 2. The minimum atomic E-state index is -5.11. The third-order valence-electron chi connectivity index (χ3n) is 5.19. The lowest BCUT2D eigenvalue weighted by Crippen LogP contribution is -2.25. The summed E-state index contributed by atoms with van der Waals surface area (Å²) in [5.74, 6) is -4.12. The summed E-state index contributed by atoms with van der Waals surface area (Å²) in [6.07, 6.45) is 0.910. The number of methoxy groups -OCH3 is 1. The quantitative estimate of drug-likeness (QED) is 0.277. The summed E-state index contributed by atoms with van der Waals surface area (Å²) >= 11 is 3.44. The average Bonchev–Trinajstić information content (AvgIpc) is 3.15. The molecule has 0 unspecified atom stereocenters. The largest absolute Gasteiger partial charge is 0.495 e. The van der Waals surface area contributed by atoms with Gasteiger partial charge in [-0.3, -0.25) is 23.8 Å². The summed E-state index contributed by atoms with van der Waals surface area (Å²) in [4.78, 5) is 46.9. The summed E-state index contributed by atoms with van der Waals surface area (Å²) in [5.41, 5.74) is -1.15. The normalized spacial score (nSPS) is 12.7. The number of Topliss-reactive ketones (excluding diaryl/α,β-unsaturated/α-hetero) is 1. The van der Waals surface area contributed by atoms with Crippen LogP contribution in [0.1, 0.15) is 42.5 Å². The number of alkyl halides is 2. The van der Waals surface area contributed by atoms with Crippen LogP contribution in [0, 0.1) is 5.41 Å². The molecule has 0 saturated carbocycles. The molecule has 10 nitrogen and oxygen atoms in total. The van der Waals surface area contributed by atoms with E-state index in [4.69, 9.17) is 14.5 Å². The number of ketones is 2. The molecule has 2 aromatic heterocycles. The number of ether oxygens (including phenoxy) is 1. The van der Waals surface area contributed by atoms with Gasteiger partial charge in [0.25, 0.3) is 0 Å². The van der Waals surface area contributed by atoms with Gasteiger partial charge >= 0.3 is 13.7 Å². The number of aromatic nitrogens is 3. The van der Waals surface area contributed by atoms with E-state index in [1.165, 1.54) is 11.8 Å². The summed E-state index contributed by atoms with van der Waals surface area (Å²) in [6.45, 7) is 3.57. The van der Waals surface area contributed by atoms with Gasteiger partial charge in [0, 0.05) is 22.6 Å². The first-order chi connectivity index (χ1) is 16.5. The van der Waals surface area contributed by atoms with Crippen LogP contribution in [-0.2, 0) is 26.4 Å². The number of fused-ring (bicyclic) bond motifs is 1. The van der Waals surface area contributed by atoms with E-state index in [0.717, 1.165) is 18.3 Å². The Bertz CT molecular complexity index is 1360. The summed E-state index contributed by atoms with van der Waals surface area (Å²) < 4.78 is 50.2. The molecule has 0 atom stereocenters. The maximum atomic E-state index is 14.2. The molecule has 0 aliphatic rings. The Labute approximate surface area is 213 Å². The van der Waals surface area contributed by atoms with Gasteiger partial charge in [-0.1, -0.05) is 20.8 Å². The fraction of sp³-hybridized carbons (Fsp3) is 0.364. The van der Waals surface area contributed by atoms with Crippen LogP contribution in [0.5, 0.6) is 5.75 Å². The molecule has 194 valence electrons. The smallest absolute Gasteiger partial charge is 0.469 e. The Balaban J connectivity index is 2.01. The number of benzene rings is 1. The van der Waals surface area contributed by atoms with Crippen molar-refractivity contribution in [1.82, 2.24) is 14.8 Å². The van der Waals surface area contributed by atoms with Crippen molar-refractivity contribution in [3.8, 4) is 5.75 Å². The molecule has 0 spiro atoms. The van der Waals surface area contributed by atoms with Crippen molar-refractivity contribution in [2.75, 3.05) is 13.7 Å². The maximum absolute atomic E-state index is 14.2. The molecule has 2 heterocycles. The first-order valence-electron chi connectivity index (χ1n) is 10.4. The second-order valence-electron chi connectivity index (χ2n) is 8.89. The molecular formula is C22H23BrF2N3O7P. The zero-order valence-corrected chi connectivity index (χ0v) is 22.1. The van der Waals surface area contributed by atoms with E-state index in [9.17, 15) is 22.9 Å². The predicted octanol–water partition coefficient (Wildman–Crippen LogP) is 4.25. The number of phosphoric ester groups is 1. The predicted molar refractivity (Wildman–Crippen MR) is 128 cm³/mol.